The largest absolute Gasteiger partial charge is 0.486 e. The average Bonchev–Trinajstić information content (AvgIpc) is 2.94. The van der Waals surface area contributed by atoms with Crippen LogP contribution in [-0.2, 0) is 19.8 Å². The van der Waals surface area contributed by atoms with Gasteiger partial charge in [-0.15, -0.1) is 10.2 Å². The number of rotatable bonds is 4. The van der Waals surface area contributed by atoms with Crippen molar-refractivity contribution in [2.45, 2.75) is 51.3 Å². The normalized spacial score (nSPS) is 21.3. The molecular weight excluding hydrogens is 331 g/mol. The maximum Gasteiger partial charge on any atom is 0.416 e. The average molecular weight is 353 g/mol. The molecule has 1 fully saturated rings. The zero-order chi connectivity index (χ0) is 18.0. The summed E-state index contributed by atoms with van der Waals surface area (Å²) in [6.07, 6.45) is 0.194. The van der Waals surface area contributed by atoms with Gasteiger partial charge in [0, 0.05) is 13.0 Å². The first-order chi connectivity index (χ1) is 11.8. The highest BCUT2D eigenvalue weighted by molar-refractivity contribution is 5.30. The molecule has 0 radical (unpaired) electrons. The van der Waals surface area contributed by atoms with Crippen molar-refractivity contribution in [3.05, 3.63) is 41.5 Å². The van der Waals surface area contributed by atoms with Crippen LogP contribution in [0.1, 0.15) is 55.7 Å². The second-order valence-electron chi connectivity index (χ2n) is 6.80. The molecule has 0 N–H and O–H groups in total. The second-order valence-corrected chi connectivity index (χ2v) is 6.80. The summed E-state index contributed by atoms with van der Waals surface area (Å²) in [5.74, 6) is 2.88. The molecule has 1 aromatic heterocycles. The minimum Gasteiger partial charge on any atom is -0.486 e. The van der Waals surface area contributed by atoms with E-state index in [2.05, 4.69) is 17.1 Å². The van der Waals surface area contributed by atoms with Crippen LogP contribution in [0.2, 0.25) is 0 Å². The van der Waals surface area contributed by atoms with E-state index >= 15 is 0 Å². The van der Waals surface area contributed by atoms with Crippen molar-refractivity contribution in [3.8, 4) is 5.75 Å². The second kappa shape index (κ2) is 7.06. The van der Waals surface area contributed by atoms with E-state index in [9.17, 15) is 13.2 Å². The molecule has 1 aliphatic rings. The number of benzene rings is 1. The molecule has 1 heterocycles. The lowest BCUT2D eigenvalue weighted by molar-refractivity contribution is -0.137. The molecule has 2 aromatic rings. The van der Waals surface area contributed by atoms with Gasteiger partial charge in [-0.2, -0.15) is 13.2 Å². The Kier molecular flexibility index (Phi) is 5.01. The number of alkyl halides is 3. The molecule has 25 heavy (non-hydrogen) atoms. The zero-order valence-corrected chi connectivity index (χ0v) is 14.4. The fourth-order valence-corrected chi connectivity index (χ4v) is 3.28. The van der Waals surface area contributed by atoms with Gasteiger partial charge in [-0.25, -0.2) is 0 Å². The Labute approximate surface area is 145 Å². The number of ether oxygens (including phenoxy) is 1. The molecule has 0 aliphatic heterocycles. The van der Waals surface area contributed by atoms with Gasteiger partial charge in [0.05, 0.1) is 5.56 Å². The molecule has 1 aliphatic carbocycles. The van der Waals surface area contributed by atoms with Gasteiger partial charge in [-0.05, 0) is 37.0 Å². The summed E-state index contributed by atoms with van der Waals surface area (Å²) in [6.45, 7) is 2.36. The summed E-state index contributed by atoms with van der Waals surface area (Å²) >= 11 is 0. The van der Waals surface area contributed by atoms with Crippen LogP contribution in [0.4, 0.5) is 13.2 Å². The lowest BCUT2D eigenvalue weighted by Crippen LogP contribution is -2.15. The van der Waals surface area contributed by atoms with Crippen LogP contribution in [0.25, 0.3) is 0 Å². The molecule has 0 bridgehead atoms. The van der Waals surface area contributed by atoms with Crippen molar-refractivity contribution >= 4 is 0 Å². The standard InChI is InChI=1S/C18H22F3N3O/c1-12-6-8-13(9-7-12)17-23-22-16(24(17)2)11-25-15-5-3-4-14(10-15)18(19,20)21/h3-5,10,12-13H,6-9,11H2,1-2H3/t12-,13-. The van der Waals surface area contributed by atoms with E-state index in [-0.39, 0.29) is 12.4 Å². The van der Waals surface area contributed by atoms with Crippen LogP contribution in [0.3, 0.4) is 0 Å². The van der Waals surface area contributed by atoms with Crippen LogP contribution in [0.15, 0.2) is 24.3 Å². The van der Waals surface area contributed by atoms with Crippen molar-refractivity contribution in [1.82, 2.24) is 14.8 Å². The van der Waals surface area contributed by atoms with Crippen LogP contribution in [-0.4, -0.2) is 14.8 Å². The Morgan fingerprint density at radius 3 is 2.56 bits per heavy atom. The van der Waals surface area contributed by atoms with Crippen molar-refractivity contribution in [2.75, 3.05) is 0 Å². The van der Waals surface area contributed by atoms with Crippen LogP contribution >= 0.6 is 0 Å². The third-order valence-electron chi connectivity index (χ3n) is 4.91. The van der Waals surface area contributed by atoms with Gasteiger partial charge in [0.2, 0.25) is 0 Å². The highest BCUT2D eigenvalue weighted by Gasteiger charge is 2.30. The zero-order valence-electron chi connectivity index (χ0n) is 14.4. The van der Waals surface area contributed by atoms with Gasteiger partial charge in [0.1, 0.15) is 18.2 Å². The lowest BCUT2D eigenvalue weighted by atomic mass is 9.82. The van der Waals surface area contributed by atoms with Crippen LogP contribution in [0.5, 0.6) is 5.75 Å². The van der Waals surface area contributed by atoms with E-state index in [1.165, 1.54) is 25.0 Å². The minimum atomic E-state index is -4.38. The monoisotopic (exact) mass is 353 g/mol. The number of nitrogens with zero attached hydrogens (tertiary/aromatic N) is 3. The molecule has 0 unspecified atom stereocenters. The van der Waals surface area contributed by atoms with Gasteiger partial charge in [-0.1, -0.05) is 25.8 Å². The molecule has 1 aromatic carbocycles. The highest BCUT2D eigenvalue weighted by Crippen LogP contribution is 2.35. The van der Waals surface area contributed by atoms with Gasteiger partial charge < -0.3 is 9.30 Å². The summed E-state index contributed by atoms with van der Waals surface area (Å²) < 4.78 is 45.7. The maximum atomic E-state index is 12.7. The predicted molar refractivity (Wildman–Crippen MR) is 87.2 cm³/mol. The molecule has 0 amide bonds. The third kappa shape index (κ3) is 4.14. The first kappa shape index (κ1) is 17.8. The Hall–Kier alpha value is -2.05. The Balaban J connectivity index is 1.66. The SMILES string of the molecule is Cn1c(COc2cccc(C(F)(F)F)c2)nnc1[C@H]1CC[C@H](C)CC1. The first-order valence-electron chi connectivity index (χ1n) is 8.53. The van der Waals surface area contributed by atoms with Crippen molar-refractivity contribution in [3.63, 3.8) is 0 Å². The molecule has 0 atom stereocenters. The van der Waals surface area contributed by atoms with E-state index in [1.54, 1.807) is 0 Å². The summed E-state index contributed by atoms with van der Waals surface area (Å²) in [7, 11) is 1.89. The van der Waals surface area contributed by atoms with E-state index in [0.717, 1.165) is 36.7 Å². The molecule has 7 heteroatoms. The number of halogens is 3. The predicted octanol–water partition coefficient (Wildman–Crippen LogP) is 4.71. The Morgan fingerprint density at radius 2 is 1.88 bits per heavy atom. The van der Waals surface area contributed by atoms with Gasteiger partial charge in [-0.3, -0.25) is 0 Å². The smallest absolute Gasteiger partial charge is 0.416 e. The Morgan fingerprint density at radius 1 is 1.16 bits per heavy atom. The van der Waals surface area contributed by atoms with Gasteiger partial charge in [0.25, 0.3) is 0 Å². The number of hydrogen-bond donors (Lipinski definition) is 0. The minimum absolute atomic E-state index is 0.0912. The molecule has 3 rings (SSSR count). The van der Waals surface area contributed by atoms with E-state index in [4.69, 9.17) is 4.74 Å². The quantitative estimate of drug-likeness (QED) is 0.799. The van der Waals surface area contributed by atoms with E-state index in [1.807, 2.05) is 11.6 Å². The molecule has 0 saturated heterocycles. The number of hydrogen-bond acceptors (Lipinski definition) is 3. The van der Waals surface area contributed by atoms with Gasteiger partial charge in [0.15, 0.2) is 5.82 Å². The van der Waals surface area contributed by atoms with Crippen molar-refractivity contribution in [1.29, 1.82) is 0 Å². The van der Waals surface area contributed by atoms with Crippen LogP contribution in [0, 0.1) is 5.92 Å². The Bertz CT molecular complexity index is 719. The van der Waals surface area contributed by atoms with E-state index < -0.39 is 11.7 Å². The maximum absolute atomic E-state index is 12.7. The molecule has 0 spiro atoms. The van der Waals surface area contributed by atoms with Crippen molar-refractivity contribution in [2.24, 2.45) is 13.0 Å². The molecule has 1 saturated carbocycles. The fraction of sp³-hybridized carbons (Fsp3) is 0.556. The topological polar surface area (TPSA) is 39.9 Å². The highest BCUT2D eigenvalue weighted by atomic mass is 19.4. The summed E-state index contributed by atoms with van der Waals surface area (Å²) in [4.78, 5) is 0. The summed E-state index contributed by atoms with van der Waals surface area (Å²) in [5, 5.41) is 8.45. The lowest BCUT2D eigenvalue weighted by Gasteiger charge is -2.25. The van der Waals surface area contributed by atoms with Crippen molar-refractivity contribution < 1.29 is 17.9 Å². The number of aromatic nitrogens is 3. The van der Waals surface area contributed by atoms with Crippen LogP contribution < -0.4 is 4.74 Å². The fourth-order valence-electron chi connectivity index (χ4n) is 3.28. The molecular formula is C18H22F3N3O. The first-order valence-corrected chi connectivity index (χ1v) is 8.53. The third-order valence-corrected chi connectivity index (χ3v) is 4.91. The van der Waals surface area contributed by atoms with E-state index in [0.29, 0.717) is 11.7 Å². The van der Waals surface area contributed by atoms with Gasteiger partial charge >= 0.3 is 6.18 Å². The summed E-state index contributed by atoms with van der Waals surface area (Å²) in [5.41, 5.74) is -0.722. The molecule has 4 nitrogen and oxygen atoms in total. The molecule has 136 valence electrons. The summed E-state index contributed by atoms with van der Waals surface area (Å²) in [6, 6.07) is 4.87.